The number of thioether (sulfide) groups is 1. The third-order valence-corrected chi connectivity index (χ3v) is 10.7. The number of aliphatic hydroxyl groups excluding tert-OH is 1. The van der Waals surface area contributed by atoms with Crippen molar-refractivity contribution < 1.29 is 38.4 Å². The molecule has 2 heterocycles. The first-order valence-electron chi connectivity index (χ1n) is 15.1. The van der Waals surface area contributed by atoms with Crippen LogP contribution in [0.1, 0.15) is 26.3 Å². The molecular formula is C34H41NO8SSi. The molecule has 0 aromatic heterocycles. The number of nitrogens with zero attached hydrogens (tertiary/aromatic N) is 1. The molecule has 3 aromatic rings. The van der Waals surface area contributed by atoms with E-state index in [1.807, 2.05) is 54.6 Å². The quantitative estimate of drug-likeness (QED) is 0.105. The number of rotatable bonds is 14. The SMILES string of the molecule is COc1ccc(COC[C@H]2O[C@@H](Sc3ccccc3)[C@H](N3C(=O)c4ccccc4C3=O)[C@@H](OCOCC[Si](C)(C)C)[C@@H]2O)cc1. The predicted octanol–water partition coefficient (Wildman–Crippen LogP) is 5.45. The van der Waals surface area contributed by atoms with Crippen molar-refractivity contribution in [2.75, 3.05) is 27.1 Å². The van der Waals surface area contributed by atoms with E-state index in [2.05, 4.69) is 19.6 Å². The molecule has 2 aliphatic rings. The standard InChI is InChI=1S/C34H41NO8SSi/c1-39-24-16-14-23(15-17-24)20-41-21-28-30(36)31(42-22-40-18-19-45(2,3)4)29(34(43-28)44-25-10-6-5-7-11-25)35-32(37)26-12-8-9-13-27(26)33(35)38/h5-17,28-31,34,36H,18-22H2,1-4H3/t28-,29-,30-,31-,34+/m1/s1. The van der Waals surface area contributed by atoms with Gasteiger partial charge in [0.25, 0.3) is 11.8 Å². The second-order valence-electron chi connectivity index (χ2n) is 12.3. The van der Waals surface area contributed by atoms with Gasteiger partial charge >= 0.3 is 0 Å². The Morgan fingerprint density at radius 1 is 0.889 bits per heavy atom. The highest BCUT2D eigenvalue weighted by Gasteiger charge is 2.54. The largest absolute Gasteiger partial charge is 0.497 e. The maximum atomic E-state index is 13.7. The summed E-state index contributed by atoms with van der Waals surface area (Å²) in [4.78, 5) is 29.6. The first-order chi connectivity index (χ1) is 21.7. The zero-order chi connectivity index (χ0) is 32.0. The number of imide groups is 1. The van der Waals surface area contributed by atoms with Crippen LogP contribution in [-0.4, -0.2) is 86.8 Å². The molecule has 2 amide bonds. The predicted molar refractivity (Wildman–Crippen MR) is 174 cm³/mol. The second-order valence-corrected chi connectivity index (χ2v) is 19.1. The van der Waals surface area contributed by atoms with Gasteiger partial charge in [0.2, 0.25) is 0 Å². The van der Waals surface area contributed by atoms with Crippen molar-refractivity contribution in [1.82, 2.24) is 4.90 Å². The number of fused-ring (bicyclic) bond motifs is 1. The Morgan fingerprint density at radius 2 is 1.53 bits per heavy atom. The van der Waals surface area contributed by atoms with Crippen LogP contribution in [0.4, 0.5) is 0 Å². The monoisotopic (exact) mass is 651 g/mol. The van der Waals surface area contributed by atoms with Crippen LogP contribution in [0.2, 0.25) is 25.7 Å². The zero-order valence-corrected chi connectivity index (χ0v) is 27.9. The van der Waals surface area contributed by atoms with Crippen molar-refractivity contribution in [3.05, 3.63) is 95.6 Å². The van der Waals surface area contributed by atoms with E-state index in [-0.39, 0.29) is 13.4 Å². The molecule has 3 aromatic carbocycles. The highest BCUT2D eigenvalue weighted by molar-refractivity contribution is 7.99. The Morgan fingerprint density at radius 3 is 2.16 bits per heavy atom. The molecule has 240 valence electrons. The maximum Gasteiger partial charge on any atom is 0.262 e. The number of carbonyl (C=O) groups is 2. The number of carbonyl (C=O) groups excluding carboxylic acids is 2. The van der Waals surface area contributed by atoms with Crippen LogP contribution in [0.5, 0.6) is 5.75 Å². The Balaban J connectivity index is 1.40. The molecule has 1 N–H and O–H groups in total. The third-order valence-electron chi connectivity index (χ3n) is 7.81. The van der Waals surface area contributed by atoms with Gasteiger partial charge in [-0.3, -0.25) is 14.5 Å². The van der Waals surface area contributed by atoms with E-state index in [1.165, 1.54) is 16.7 Å². The fraction of sp³-hybridized carbons (Fsp3) is 0.412. The van der Waals surface area contributed by atoms with Crippen LogP contribution < -0.4 is 4.74 Å². The van der Waals surface area contributed by atoms with E-state index >= 15 is 0 Å². The molecule has 0 bridgehead atoms. The fourth-order valence-electron chi connectivity index (χ4n) is 5.29. The molecule has 9 nitrogen and oxygen atoms in total. The first kappa shape index (κ1) is 33.3. The normalized spacial score (nSPS) is 23.3. The lowest BCUT2D eigenvalue weighted by Crippen LogP contribution is -2.65. The lowest BCUT2D eigenvalue weighted by Gasteiger charge is -2.46. The number of ether oxygens (including phenoxy) is 5. The molecule has 0 radical (unpaired) electrons. The van der Waals surface area contributed by atoms with Crippen molar-refractivity contribution in [3.8, 4) is 5.75 Å². The van der Waals surface area contributed by atoms with E-state index in [0.29, 0.717) is 24.3 Å². The summed E-state index contributed by atoms with van der Waals surface area (Å²) in [5, 5.41) is 11.7. The summed E-state index contributed by atoms with van der Waals surface area (Å²) in [6, 6.07) is 23.9. The van der Waals surface area contributed by atoms with Crippen molar-refractivity contribution in [2.45, 2.75) is 67.0 Å². The van der Waals surface area contributed by atoms with E-state index in [1.54, 1.807) is 31.4 Å². The highest BCUT2D eigenvalue weighted by atomic mass is 32.2. The van der Waals surface area contributed by atoms with Crippen LogP contribution in [0.3, 0.4) is 0 Å². The molecule has 0 saturated carbocycles. The number of benzene rings is 3. The lowest BCUT2D eigenvalue weighted by molar-refractivity contribution is -0.223. The summed E-state index contributed by atoms with van der Waals surface area (Å²) in [5.41, 5.74) is 0.800. The van der Waals surface area contributed by atoms with Gasteiger partial charge in [-0.1, -0.05) is 73.9 Å². The van der Waals surface area contributed by atoms with E-state index in [0.717, 1.165) is 22.3 Å². The van der Waals surface area contributed by atoms with Crippen molar-refractivity contribution >= 4 is 31.7 Å². The molecule has 11 heteroatoms. The summed E-state index contributed by atoms with van der Waals surface area (Å²) in [6.45, 7) is 7.56. The van der Waals surface area contributed by atoms with Crippen LogP contribution in [-0.2, 0) is 25.6 Å². The molecule has 5 atom stereocenters. The number of hydrogen-bond acceptors (Lipinski definition) is 9. The lowest BCUT2D eigenvalue weighted by atomic mass is 9.96. The molecule has 5 rings (SSSR count). The van der Waals surface area contributed by atoms with Crippen LogP contribution >= 0.6 is 11.8 Å². The summed E-state index contributed by atoms with van der Waals surface area (Å²) < 4.78 is 29.9. The summed E-state index contributed by atoms with van der Waals surface area (Å²) in [5.74, 6) is -0.146. The van der Waals surface area contributed by atoms with Crippen LogP contribution in [0.25, 0.3) is 0 Å². The van der Waals surface area contributed by atoms with Crippen molar-refractivity contribution in [2.24, 2.45) is 0 Å². The Hall–Kier alpha value is -3.03. The minimum absolute atomic E-state index is 0.0597. The van der Waals surface area contributed by atoms with Crippen molar-refractivity contribution in [1.29, 1.82) is 0 Å². The molecule has 0 aliphatic carbocycles. The third kappa shape index (κ3) is 8.22. The zero-order valence-electron chi connectivity index (χ0n) is 26.1. The van der Waals surface area contributed by atoms with Gasteiger partial charge in [-0.05, 0) is 48.0 Å². The Kier molecular flexibility index (Phi) is 11.1. The van der Waals surface area contributed by atoms with Gasteiger partial charge in [-0.2, -0.15) is 0 Å². The number of amides is 2. The van der Waals surface area contributed by atoms with Gasteiger partial charge in [0.15, 0.2) is 0 Å². The molecule has 1 saturated heterocycles. The molecule has 2 aliphatic heterocycles. The van der Waals surface area contributed by atoms with E-state index < -0.39 is 49.7 Å². The van der Waals surface area contributed by atoms with Crippen molar-refractivity contribution in [3.63, 3.8) is 0 Å². The highest BCUT2D eigenvalue weighted by Crippen LogP contribution is 2.40. The maximum absolute atomic E-state index is 13.7. The molecular weight excluding hydrogens is 611 g/mol. The average Bonchev–Trinajstić information content (AvgIpc) is 3.28. The number of hydrogen-bond donors (Lipinski definition) is 1. The summed E-state index contributed by atoms with van der Waals surface area (Å²) in [6.07, 6.45) is -3.02. The van der Waals surface area contributed by atoms with Gasteiger partial charge in [0.05, 0.1) is 31.5 Å². The average molecular weight is 652 g/mol. The minimum atomic E-state index is -1.34. The van der Waals surface area contributed by atoms with E-state index in [4.69, 9.17) is 23.7 Å². The number of aliphatic hydroxyl groups is 1. The second kappa shape index (κ2) is 15.0. The Labute approximate surface area is 269 Å². The summed E-state index contributed by atoms with van der Waals surface area (Å²) in [7, 11) is 0.276. The topological polar surface area (TPSA) is 104 Å². The van der Waals surface area contributed by atoms with E-state index in [9.17, 15) is 14.7 Å². The van der Waals surface area contributed by atoms with Gasteiger partial charge in [-0.25, -0.2) is 0 Å². The van der Waals surface area contributed by atoms with Gasteiger partial charge in [0.1, 0.15) is 42.3 Å². The fourth-order valence-corrected chi connectivity index (χ4v) is 7.25. The molecule has 0 unspecified atom stereocenters. The smallest absolute Gasteiger partial charge is 0.262 e. The Bertz CT molecular complexity index is 1400. The number of methoxy groups -OCH3 is 1. The molecule has 0 spiro atoms. The van der Waals surface area contributed by atoms with Crippen LogP contribution in [0.15, 0.2) is 83.8 Å². The van der Waals surface area contributed by atoms with Gasteiger partial charge in [-0.15, -0.1) is 0 Å². The first-order valence-corrected chi connectivity index (χ1v) is 19.7. The van der Waals surface area contributed by atoms with Crippen LogP contribution in [0, 0.1) is 0 Å². The van der Waals surface area contributed by atoms with Gasteiger partial charge < -0.3 is 28.8 Å². The molecule has 45 heavy (non-hydrogen) atoms. The molecule has 1 fully saturated rings. The minimum Gasteiger partial charge on any atom is -0.497 e. The summed E-state index contributed by atoms with van der Waals surface area (Å²) >= 11 is 1.37. The van der Waals surface area contributed by atoms with Gasteiger partial charge in [0, 0.05) is 19.6 Å².